The molecular weight excluding hydrogens is 363 g/mol. The van der Waals surface area contributed by atoms with Gasteiger partial charge in [-0.05, 0) is 31.7 Å². The summed E-state index contributed by atoms with van der Waals surface area (Å²) in [5, 5.41) is 0. The molecule has 0 aliphatic rings. The van der Waals surface area contributed by atoms with Gasteiger partial charge in [0.15, 0.2) is 0 Å². The van der Waals surface area contributed by atoms with Crippen LogP contribution in [0, 0.1) is 6.92 Å². The monoisotopic (exact) mass is 384 g/mol. The van der Waals surface area contributed by atoms with Crippen LogP contribution in [-0.4, -0.2) is 18.2 Å². The molecular formula is C12H21Cl2OPRu. The molecule has 1 aromatic rings. The van der Waals surface area contributed by atoms with Crippen molar-refractivity contribution in [3.05, 3.63) is 35.4 Å². The molecule has 0 aromatic heterocycles. The van der Waals surface area contributed by atoms with Crippen LogP contribution < -0.4 is 0 Å². The van der Waals surface area contributed by atoms with E-state index in [1.807, 2.05) is 0 Å². The van der Waals surface area contributed by atoms with Crippen LogP contribution in [0.15, 0.2) is 24.3 Å². The van der Waals surface area contributed by atoms with Crippen LogP contribution in [0.3, 0.4) is 0 Å². The fourth-order valence-electron chi connectivity index (χ4n) is 0.951. The molecule has 1 aromatic carbocycles. The predicted molar refractivity (Wildman–Crippen MR) is 78.0 cm³/mol. The number of hydrogen-bond acceptors (Lipinski definition) is 1. The van der Waals surface area contributed by atoms with Crippen LogP contribution in [0.5, 0.6) is 0 Å². The molecule has 0 radical (unpaired) electrons. The minimum atomic E-state index is -0.620. The number of hydrogen-bond donors (Lipinski definition) is 1. The van der Waals surface area contributed by atoms with Crippen LogP contribution >= 0.6 is 27.5 Å². The van der Waals surface area contributed by atoms with Crippen molar-refractivity contribution in [2.24, 2.45) is 0 Å². The van der Waals surface area contributed by atoms with Gasteiger partial charge in [0.05, 0.1) is 0 Å². The van der Waals surface area contributed by atoms with E-state index in [-0.39, 0.29) is 15.1 Å². The van der Waals surface area contributed by atoms with Gasteiger partial charge in [-0.3, -0.25) is 0 Å². The topological polar surface area (TPSA) is 20.2 Å². The van der Waals surface area contributed by atoms with Crippen LogP contribution in [0.1, 0.15) is 30.9 Å². The summed E-state index contributed by atoms with van der Waals surface area (Å²) in [5.74, 6) is 0.653. The van der Waals surface area contributed by atoms with Crippen LogP contribution in [0.2, 0.25) is 0 Å². The van der Waals surface area contributed by atoms with Crippen molar-refractivity contribution >= 4 is 27.5 Å². The summed E-state index contributed by atoms with van der Waals surface area (Å²) in [6.07, 6.45) is 0. The van der Waals surface area contributed by atoms with E-state index in [9.17, 15) is 0 Å². The number of benzene rings is 1. The number of aryl methyl sites for hydroxylation is 1. The van der Waals surface area contributed by atoms with E-state index in [1.165, 1.54) is 11.1 Å². The second-order valence-corrected chi connectivity index (χ2v) is 8.30. The second kappa shape index (κ2) is 13.2. The molecule has 0 saturated carbocycles. The summed E-state index contributed by atoms with van der Waals surface area (Å²) < 4.78 is 0. The third kappa shape index (κ3) is 16.8. The Labute approximate surface area is 122 Å². The maximum absolute atomic E-state index is 8.12. The summed E-state index contributed by atoms with van der Waals surface area (Å²) in [7, 11) is 9.09. The van der Waals surface area contributed by atoms with Gasteiger partial charge in [-0.15, -0.1) is 0 Å². The fourth-order valence-corrected chi connectivity index (χ4v) is 0.951. The third-order valence-electron chi connectivity index (χ3n) is 1.74. The Bertz CT molecular complexity index is 263. The molecule has 0 spiro atoms. The van der Waals surface area contributed by atoms with Gasteiger partial charge in [-0.1, -0.05) is 43.7 Å². The van der Waals surface area contributed by atoms with Crippen molar-refractivity contribution in [3.63, 3.8) is 0 Å². The quantitative estimate of drug-likeness (QED) is 0.526. The Morgan fingerprint density at radius 3 is 1.65 bits per heavy atom. The Kier molecular flexibility index (Phi) is 15.7. The van der Waals surface area contributed by atoms with Crippen molar-refractivity contribution in [1.82, 2.24) is 0 Å². The Balaban J connectivity index is 0. The maximum atomic E-state index is 8.12. The molecule has 0 heterocycles. The zero-order chi connectivity index (χ0) is 13.8. The molecule has 5 heteroatoms. The normalized spacial score (nSPS) is 9.53. The van der Waals surface area contributed by atoms with Gasteiger partial charge >= 0.3 is 34.5 Å². The summed E-state index contributed by atoms with van der Waals surface area (Å²) in [5.41, 5.74) is 2.76. The molecule has 0 aliphatic carbocycles. The van der Waals surface area contributed by atoms with Gasteiger partial charge in [0.25, 0.3) is 0 Å². The number of halogens is 2. The molecule has 1 nitrogen and oxygen atoms in total. The third-order valence-corrected chi connectivity index (χ3v) is 1.74. The standard InChI is InChI=1S/C10H14.C2H7OP.2ClH.Ru/c1-8(2)10-6-4-9(3)5-7-10;1-4(2)3;;;/h4-8H,1-3H3;3H,1-2H3;2*1H;/q;;;;+2/p-2. The van der Waals surface area contributed by atoms with Crippen molar-refractivity contribution in [1.29, 1.82) is 0 Å². The molecule has 0 fully saturated rings. The van der Waals surface area contributed by atoms with Crippen LogP contribution in [0.4, 0.5) is 0 Å². The molecule has 0 atom stereocenters. The molecule has 1 N–H and O–H groups in total. The summed E-state index contributed by atoms with van der Waals surface area (Å²) >= 11 is -0.346. The first kappa shape index (κ1) is 20.1. The number of rotatable bonds is 1. The van der Waals surface area contributed by atoms with Gasteiger partial charge < -0.3 is 4.89 Å². The van der Waals surface area contributed by atoms with Crippen LogP contribution in [-0.2, 0) is 15.1 Å². The molecule has 17 heavy (non-hydrogen) atoms. The summed E-state index contributed by atoms with van der Waals surface area (Å²) in [4.78, 5) is 8.12. The van der Waals surface area contributed by atoms with E-state index < -0.39 is 8.15 Å². The van der Waals surface area contributed by atoms with Gasteiger partial charge in [0.2, 0.25) is 0 Å². The van der Waals surface area contributed by atoms with E-state index in [2.05, 4.69) is 45.0 Å². The summed E-state index contributed by atoms with van der Waals surface area (Å²) in [6.45, 7) is 10.1. The van der Waals surface area contributed by atoms with Crippen LogP contribution in [0.25, 0.3) is 0 Å². The average molecular weight is 384 g/mol. The molecule has 0 aliphatic heterocycles. The fraction of sp³-hybridized carbons (Fsp3) is 0.500. The Hall–Kier alpha value is 0.813. The molecule has 0 bridgehead atoms. The predicted octanol–water partition coefficient (Wildman–Crippen LogP) is 5.13. The SMILES string of the molecule is CP(C)O.Cc1ccc(C(C)C)cc1.[Cl][Ru][Cl]. The van der Waals surface area contributed by atoms with Gasteiger partial charge in [-0.2, -0.15) is 0 Å². The molecule has 0 amide bonds. The van der Waals surface area contributed by atoms with Crippen molar-refractivity contribution < 1.29 is 20.0 Å². The molecule has 1 rings (SSSR count). The van der Waals surface area contributed by atoms with Crippen molar-refractivity contribution in [2.75, 3.05) is 13.3 Å². The second-order valence-electron chi connectivity index (χ2n) is 3.96. The molecule has 0 saturated heterocycles. The van der Waals surface area contributed by atoms with E-state index in [4.69, 9.17) is 24.3 Å². The van der Waals surface area contributed by atoms with Gasteiger partial charge in [0, 0.05) is 8.15 Å². The van der Waals surface area contributed by atoms with E-state index in [0.29, 0.717) is 5.92 Å². The van der Waals surface area contributed by atoms with E-state index >= 15 is 0 Å². The zero-order valence-corrected chi connectivity index (χ0v) is 15.0. The minimum absolute atomic E-state index is 0.346. The van der Waals surface area contributed by atoms with E-state index in [0.717, 1.165) is 0 Å². The Morgan fingerprint density at radius 2 is 1.41 bits per heavy atom. The van der Waals surface area contributed by atoms with E-state index in [1.54, 1.807) is 13.3 Å². The first-order valence-corrected chi connectivity index (χ1v) is 11.8. The molecule has 102 valence electrons. The Morgan fingerprint density at radius 1 is 1.12 bits per heavy atom. The van der Waals surface area contributed by atoms with Crippen molar-refractivity contribution in [3.8, 4) is 0 Å². The van der Waals surface area contributed by atoms with Gasteiger partial charge in [0.1, 0.15) is 0 Å². The average Bonchev–Trinajstić information content (AvgIpc) is 2.18. The first-order chi connectivity index (χ1) is 7.84. The first-order valence-electron chi connectivity index (χ1n) is 5.13. The van der Waals surface area contributed by atoms with Crippen molar-refractivity contribution in [2.45, 2.75) is 26.7 Å². The zero-order valence-electron chi connectivity index (χ0n) is 10.9. The summed E-state index contributed by atoms with van der Waals surface area (Å²) in [6, 6.07) is 8.71. The van der Waals surface area contributed by atoms with Gasteiger partial charge in [-0.25, -0.2) is 0 Å². The molecule has 0 unspecified atom stereocenters.